The second-order valence-corrected chi connectivity index (χ2v) is 9.52. The molecule has 218 valence electrons. The van der Waals surface area contributed by atoms with E-state index in [4.69, 9.17) is 4.74 Å². The fourth-order valence-electron chi connectivity index (χ4n) is 4.74. The first-order valence-electron chi connectivity index (χ1n) is 12.7. The molecule has 1 heterocycles. The molecule has 11 heteroatoms. The molecule has 0 unspecified atom stereocenters. The predicted octanol–water partition coefficient (Wildman–Crippen LogP) is 6.11. The second-order valence-electron chi connectivity index (χ2n) is 9.52. The van der Waals surface area contributed by atoms with Crippen molar-refractivity contribution in [1.29, 1.82) is 0 Å². The van der Waals surface area contributed by atoms with Gasteiger partial charge in [-0.3, -0.25) is 9.69 Å². The van der Waals surface area contributed by atoms with E-state index in [1.54, 1.807) is 12.1 Å². The molecule has 0 atom stereocenters. The van der Waals surface area contributed by atoms with Crippen LogP contribution in [-0.4, -0.2) is 44.5 Å². The van der Waals surface area contributed by atoms with E-state index in [2.05, 4.69) is 34.7 Å². The number of rotatable bonds is 11. The summed E-state index contributed by atoms with van der Waals surface area (Å²) in [5, 5.41) is 4.59. The molecule has 1 amide bonds. The third-order valence-corrected chi connectivity index (χ3v) is 6.86. The largest absolute Gasteiger partial charge is 0.454 e. The van der Waals surface area contributed by atoms with Crippen molar-refractivity contribution in [2.45, 2.75) is 32.2 Å². The Morgan fingerprint density at radius 1 is 0.950 bits per heavy atom. The van der Waals surface area contributed by atoms with Crippen LogP contribution < -0.4 is 20.5 Å². The van der Waals surface area contributed by atoms with E-state index >= 15 is 0 Å². The lowest BCUT2D eigenvalue weighted by Crippen LogP contribution is -2.40. The Kier molecular flexibility index (Phi) is 13.2. The van der Waals surface area contributed by atoms with Crippen molar-refractivity contribution < 1.29 is 22.7 Å². The lowest BCUT2D eigenvalue weighted by atomic mass is 9.86. The van der Waals surface area contributed by atoms with Crippen molar-refractivity contribution in [2.24, 2.45) is 0 Å². The lowest BCUT2D eigenvalue weighted by Gasteiger charge is -2.33. The second kappa shape index (κ2) is 15.8. The van der Waals surface area contributed by atoms with Crippen molar-refractivity contribution >= 4 is 36.9 Å². The van der Waals surface area contributed by atoms with Gasteiger partial charge in [0.15, 0.2) is 23.2 Å². The van der Waals surface area contributed by atoms with Crippen LogP contribution in [0.5, 0.6) is 11.5 Å². The zero-order chi connectivity index (χ0) is 27.1. The van der Waals surface area contributed by atoms with Crippen molar-refractivity contribution in [3.05, 3.63) is 88.7 Å². The summed E-state index contributed by atoms with van der Waals surface area (Å²) in [6, 6.07) is 14.5. The van der Waals surface area contributed by atoms with Crippen LogP contribution >= 0.6 is 24.8 Å². The highest BCUT2D eigenvalue weighted by molar-refractivity contribution is 5.85. The smallest absolute Gasteiger partial charge is 0.228 e. The van der Waals surface area contributed by atoms with E-state index in [1.807, 2.05) is 25.2 Å². The Hall–Kier alpha value is -2.82. The van der Waals surface area contributed by atoms with Gasteiger partial charge >= 0.3 is 0 Å². The van der Waals surface area contributed by atoms with Gasteiger partial charge in [-0.05, 0) is 86.8 Å². The fraction of sp³-hybridized carbons (Fsp3) is 0.345. The maximum Gasteiger partial charge on any atom is 0.228 e. The average molecular weight is 600 g/mol. The first-order valence-corrected chi connectivity index (χ1v) is 12.7. The van der Waals surface area contributed by atoms with Gasteiger partial charge in [0, 0.05) is 31.8 Å². The Bertz CT molecular complexity index is 1240. The highest BCUT2D eigenvalue weighted by atomic mass is 35.5. The van der Waals surface area contributed by atoms with Gasteiger partial charge in [-0.2, -0.15) is 0 Å². The predicted molar refractivity (Wildman–Crippen MR) is 156 cm³/mol. The summed E-state index contributed by atoms with van der Waals surface area (Å²) >= 11 is 0. The number of carbonyl (C=O) groups excluding carboxylic acids is 1. The van der Waals surface area contributed by atoms with Crippen molar-refractivity contribution in [3.8, 4) is 11.5 Å². The number of nitrogens with one attached hydrogen (secondary N) is 2. The van der Waals surface area contributed by atoms with Crippen molar-refractivity contribution in [1.82, 2.24) is 15.6 Å². The third-order valence-electron chi connectivity index (χ3n) is 6.86. The topological polar surface area (TPSA) is 56.8 Å². The van der Waals surface area contributed by atoms with E-state index < -0.39 is 17.5 Å². The minimum atomic E-state index is -1.25. The number of halogens is 5. The molecule has 0 radical (unpaired) electrons. The quantitative estimate of drug-likeness (QED) is 0.121. The molecule has 1 aliphatic heterocycles. The Morgan fingerprint density at radius 2 is 1.62 bits per heavy atom. The van der Waals surface area contributed by atoms with Gasteiger partial charge in [0.25, 0.3) is 0 Å². The van der Waals surface area contributed by atoms with Gasteiger partial charge < -0.3 is 10.1 Å². The third kappa shape index (κ3) is 8.59. The number of aryl methyl sites for hydroxylation is 1. The van der Waals surface area contributed by atoms with E-state index in [0.29, 0.717) is 30.3 Å². The monoisotopic (exact) mass is 598 g/mol. The normalized spacial score (nSPS) is 13.7. The van der Waals surface area contributed by atoms with Crippen LogP contribution in [0.4, 0.5) is 18.9 Å². The number of carbonyl (C=O) groups is 1. The molecule has 0 aliphatic carbocycles. The summed E-state index contributed by atoms with van der Waals surface area (Å²) in [5.74, 6) is -2.97. The number of hydrogen-bond acceptors (Lipinski definition) is 5. The minimum absolute atomic E-state index is 0. The maximum absolute atomic E-state index is 13.9. The SMILES string of the molecule is CNCCNN(C=O)c1ccc(C)c(C2CCN(Cc3ccc(Oc4cc(F)c(F)cc4F)cc3)CC2)c1.Cl.Cl. The number of benzene rings is 3. The summed E-state index contributed by atoms with van der Waals surface area (Å²) in [5.41, 5.74) is 7.54. The van der Waals surface area contributed by atoms with Gasteiger partial charge in [-0.1, -0.05) is 18.2 Å². The minimum Gasteiger partial charge on any atom is -0.454 e. The van der Waals surface area contributed by atoms with Crippen LogP contribution in [0.15, 0.2) is 54.6 Å². The molecule has 40 heavy (non-hydrogen) atoms. The van der Waals surface area contributed by atoms with Crippen molar-refractivity contribution in [2.75, 3.05) is 38.2 Å². The van der Waals surface area contributed by atoms with E-state index in [0.717, 1.165) is 56.7 Å². The number of likely N-dealkylation sites (tertiary alicyclic amines) is 1. The molecule has 6 nitrogen and oxygen atoms in total. The number of anilines is 1. The molecule has 0 spiro atoms. The molecule has 3 aromatic carbocycles. The van der Waals surface area contributed by atoms with Crippen LogP contribution in [0.2, 0.25) is 0 Å². The van der Waals surface area contributed by atoms with Gasteiger partial charge in [-0.15, -0.1) is 24.8 Å². The molecule has 2 N–H and O–H groups in total. The molecule has 4 rings (SSSR count). The number of hydrogen-bond donors (Lipinski definition) is 2. The van der Waals surface area contributed by atoms with Crippen LogP contribution in [0.25, 0.3) is 0 Å². The van der Waals surface area contributed by atoms with Crippen LogP contribution in [0.3, 0.4) is 0 Å². The zero-order valence-corrected chi connectivity index (χ0v) is 24.1. The number of ether oxygens (including phenoxy) is 1. The molecule has 1 fully saturated rings. The van der Waals surface area contributed by atoms with Crippen LogP contribution in [-0.2, 0) is 11.3 Å². The highest BCUT2D eigenvalue weighted by Gasteiger charge is 2.23. The fourth-order valence-corrected chi connectivity index (χ4v) is 4.74. The molecule has 3 aromatic rings. The van der Waals surface area contributed by atoms with Crippen LogP contribution in [0.1, 0.15) is 35.4 Å². The van der Waals surface area contributed by atoms with Gasteiger partial charge in [0.2, 0.25) is 6.41 Å². The summed E-state index contributed by atoms with van der Waals surface area (Å²) in [6.45, 7) is 6.14. The number of piperidine rings is 1. The Labute approximate surface area is 245 Å². The van der Waals surface area contributed by atoms with E-state index in [9.17, 15) is 18.0 Å². The standard InChI is InChI=1S/C29H33F3N4O2.2ClH/c1-20-3-6-23(36(19-37)34-12-11-33-2)15-25(20)22-9-13-35(14-10-22)18-21-4-7-24(8-5-21)38-29-17-27(31)26(30)16-28(29)32;;/h3-8,15-17,19,22,33-34H,9-14,18H2,1-2H3;2*1H. The average Bonchev–Trinajstić information content (AvgIpc) is 2.92. The highest BCUT2D eigenvalue weighted by Crippen LogP contribution is 2.33. The molecule has 1 aliphatic rings. The number of amides is 1. The van der Waals surface area contributed by atoms with Gasteiger partial charge in [0.05, 0.1) is 5.69 Å². The lowest BCUT2D eigenvalue weighted by molar-refractivity contribution is -0.108. The Morgan fingerprint density at radius 3 is 2.27 bits per heavy atom. The number of likely N-dealkylation sites (N-methyl/N-ethyl adjacent to an activating group) is 1. The molecular weight excluding hydrogens is 564 g/mol. The zero-order valence-electron chi connectivity index (χ0n) is 22.5. The number of nitrogens with zero attached hydrogens (tertiary/aromatic N) is 2. The summed E-state index contributed by atoms with van der Waals surface area (Å²) in [7, 11) is 1.87. The first kappa shape index (κ1) is 33.4. The molecule has 0 saturated carbocycles. The molecule has 1 saturated heterocycles. The summed E-state index contributed by atoms with van der Waals surface area (Å²) < 4.78 is 45.8. The summed E-state index contributed by atoms with van der Waals surface area (Å²) in [4.78, 5) is 14.0. The van der Waals surface area contributed by atoms with E-state index in [1.165, 1.54) is 16.1 Å². The number of hydrazine groups is 1. The van der Waals surface area contributed by atoms with Crippen molar-refractivity contribution in [3.63, 3.8) is 0 Å². The molecular formula is C29H35Cl2F3N4O2. The molecule has 0 aromatic heterocycles. The maximum atomic E-state index is 13.9. The summed E-state index contributed by atoms with van der Waals surface area (Å²) in [6.07, 6.45) is 2.82. The molecule has 0 bridgehead atoms. The Balaban J connectivity index is 0.00000280. The first-order chi connectivity index (χ1) is 18.4. The van der Waals surface area contributed by atoms with Gasteiger partial charge in [0.1, 0.15) is 5.75 Å². The van der Waals surface area contributed by atoms with E-state index in [-0.39, 0.29) is 30.6 Å². The van der Waals surface area contributed by atoms with Gasteiger partial charge in [-0.25, -0.2) is 23.6 Å². The van der Waals surface area contributed by atoms with Crippen LogP contribution in [0, 0.1) is 24.4 Å².